The van der Waals surface area contributed by atoms with Gasteiger partial charge in [0.05, 0.1) is 11.1 Å². The zero-order chi connectivity index (χ0) is 15.1. The highest BCUT2D eigenvalue weighted by molar-refractivity contribution is 9.10. The summed E-state index contributed by atoms with van der Waals surface area (Å²) < 4.78 is 4.99. The third kappa shape index (κ3) is 2.38. The fourth-order valence-electron chi connectivity index (χ4n) is 2.57. The van der Waals surface area contributed by atoms with Gasteiger partial charge in [0.25, 0.3) is 0 Å². The third-order valence-electron chi connectivity index (χ3n) is 3.49. The monoisotopic (exact) mass is 366 g/mol. The summed E-state index contributed by atoms with van der Waals surface area (Å²) in [7, 11) is 1.94. The van der Waals surface area contributed by atoms with Gasteiger partial charge >= 0.3 is 0 Å². The summed E-state index contributed by atoms with van der Waals surface area (Å²) >= 11 is 9.87. The lowest BCUT2D eigenvalue weighted by molar-refractivity contribution is 0.738. The molecule has 0 fully saturated rings. The molecule has 2 aromatic heterocycles. The lowest BCUT2D eigenvalue weighted by Crippen LogP contribution is -2.06. The maximum atomic E-state index is 6.35. The van der Waals surface area contributed by atoms with Crippen LogP contribution < -0.4 is 0 Å². The molecule has 2 heterocycles. The van der Waals surface area contributed by atoms with Gasteiger partial charge in [-0.15, -0.1) is 11.6 Å². The van der Waals surface area contributed by atoms with Gasteiger partial charge in [0.1, 0.15) is 11.3 Å². The molecule has 0 radical (unpaired) electrons. The minimum Gasteiger partial charge on any atom is -0.280 e. The predicted molar refractivity (Wildman–Crippen MR) is 89.2 cm³/mol. The van der Waals surface area contributed by atoms with Crippen LogP contribution in [0.2, 0.25) is 0 Å². The molecule has 0 saturated heterocycles. The second-order valence-electron chi connectivity index (χ2n) is 5.00. The lowest BCUT2D eigenvalue weighted by atomic mass is 10.3. The Morgan fingerprint density at radius 3 is 2.76 bits per heavy atom. The molecular weight excluding hydrogens is 352 g/mol. The Morgan fingerprint density at radius 1 is 1.38 bits per heavy atom. The van der Waals surface area contributed by atoms with E-state index in [0.29, 0.717) is 0 Å². The van der Waals surface area contributed by atoms with E-state index in [1.165, 1.54) is 0 Å². The van der Waals surface area contributed by atoms with Gasteiger partial charge in [0.2, 0.25) is 0 Å². The number of nitrogens with zero attached hydrogens (tertiary/aromatic N) is 4. The third-order valence-corrected chi connectivity index (χ3v) is 4.18. The normalized spacial score (nSPS) is 13.0. The molecule has 0 spiro atoms. The number of alkyl halides is 1. The van der Waals surface area contributed by atoms with Crippen molar-refractivity contribution in [1.29, 1.82) is 0 Å². The molecule has 0 bridgehead atoms. The van der Waals surface area contributed by atoms with Crippen LogP contribution in [0.15, 0.2) is 28.7 Å². The average Bonchev–Trinajstić information content (AvgIpc) is 2.97. The molecule has 0 amide bonds. The van der Waals surface area contributed by atoms with E-state index in [4.69, 9.17) is 16.6 Å². The Balaban J connectivity index is 2.38. The molecule has 1 aromatic carbocycles. The zero-order valence-electron chi connectivity index (χ0n) is 12.1. The molecule has 21 heavy (non-hydrogen) atoms. The van der Waals surface area contributed by atoms with E-state index in [9.17, 15) is 0 Å². The minimum absolute atomic E-state index is 0.180. The first-order valence-electron chi connectivity index (χ1n) is 6.87. The van der Waals surface area contributed by atoms with Crippen LogP contribution in [0.25, 0.3) is 16.9 Å². The van der Waals surface area contributed by atoms with Gasteiger partial charge in [-0.1, -0.05) is 28.9 Å². The quantitative estimate of drug-likeness (QED) is 0.644. The molecule has 6 heteroatoms. The highest BCUT2D eigenvalue weighted by atomic mass is 79.9. The maximum Gasteiger partial charge on any atom is 0.163 e. The number of rotatable bonds is 3. The Labute approximate surface area is 136 Å². The minimum atomic E-state index is -0.180. The standard InChI is InChI=1S/C15H16BrClN4/c1-4-12-13-15(20(3)19-12)21(14(18-13)9(2)17)11-7-5-6-10(16)8-11/h5-9H,4H2,1-3H3. The number of fused-ring (bicyclic) bond motifs is 1. The Bertz CT molecular complexity index is 803. The van der Waals surface area contributed by atoms with Crippen LogP contribution >= 0.6 is 27.5 Å². The summed E-state index contributed by atoms with van der Waals surface area (Å²) in [5.41, 5.74) is 3.94. The molecule has 110 valence electrons. The van der Waals surface area contributed by atoms with E-state index in [1.54, 1.807) is 0 Å². The summed E-state index contributed by atoms with van der Waals surface area (Å²) in [5.74, 6) is 0.840. The first-order valence-corrected chi connectivity index (χ1v) is 8.10. The van der Waals surface area contributed by atoms with Crippen LogP contribution in [-0.4, -0.2) is 19.3 Å². The number of hydrogen-bond acceptors (Lipinski definition) is 2. The molecule has 0 aliphatic heterocycles. The van der Waals surface area contributed by atoms with Crippen LogP contribution in [0.1, 0.15) is 30.7 Å². The van der Waals surface area contributed by atoms with Crippen LogP contribution in [0.3, 0.4) is 0 Å². The lowest BCUT2D eigenvalue weighted by Gasteiger charge is -2.11. The van der Waals surface area contributed by atoms with E-state index < -0.39 is 0 Å². The van der Waals surface area contributed by atoms with Crippen LogP contribution in [0.4, 0.5) is 0 Å². The van der Waals surface area contributed by atoms with Crippen molar-refractivity contribution in [3.05, 3.63) is 40.3 Å². The molecule has 0 aliphatic rings. The van der Waals surface area contributed by atoms with Gasteiger partial charge < -0.3 is 0 Å². The molecular formula is C15H16BrClN4. The van der Waals surface area contributed by atoms with Crippen molar-refractivity contribution in [3.63, 3.8) is 0 Å². The highest BCUT2D eigenvalue weighted by Crippen LogP contribution is 2.30. The van der Waals surface area contributed by atoms with E-state index in [2.05, 4.69) is 38.6 Å². The summed E-state index contributed by atoms with van der Waals surface area (Å²) in [6.07, 6.45) is 0.850. The van der Waals surface area contributed by atoms with Gasteiger partial charge in [-0.3, -0.25) is 4.57 Å². The molecule has 3 aromatic rings. The second kappa shape index (κ2) is 5.46. The molecule has 0 saturated carbocycles. The van der Waals surface area contributed by atoms with Gasteiger partial charge in [-0.2, -0.15) is 5.10 Å². The van der Waals surface area contributed by atoms with Crippen LogP contribution in [-0.2, 0) is 13.5 Å². The average molecular weight is 368 g/mol. The van der Waals surface area contributed by atoms with Gasteiger partial charge in [0.15, 0.2) is 5.65 Å². The van der Waals surface area contributed by atoms with Crippen LogP contribution in [0.5, 0.6) is 0 Å². The van der Waals surface area contributed by atoms with Crippen LogP contribution in [0, 0.1) is 0 Å². The molecule has 4 nitrogen and oxygen atoms in total. The van der Waals surface area contributed by atoms with Crippen molar-refractivity contribution in [2.75, 3.05) is 0 Å². The summed E-state index contributed by atoms with van der Waals surface area (Å²) in [6, 6.07) is 8.11. The van der Waals surface area contributed by atoms with Crippen molar-refractivity contribution in [1.82, 2.24) is 19.3 Å². The fourth-order valence-corrected chi connectivity index (χ4v) is 3.10. The van der Waals surface area contributed by atoms with Gasteiger partial charge in [0, 0.05) is 17.2 Å². The molecule has 0 N–H and O–H groups in total. The zero-order valence-corrected chi connectivity index (χ0v) is 14.5. The number of aryl methyl sites for hydroxylation is 2. The first kappa shape index (κ1) is 14.6. The SMILES string of the molecule is CCc1nn(C)c2c1nc(C(C)Cl)n2-c1cccc(Br)c1. The number of benzene rings is 1. The molecule has 0 aliphatic carbocycles. The van der Waals surface area contributed by atoms with Crippen molar-refractivity contribution in [3.8, 4) is 5.69 Å². The Morgan fingerprint density at radius 2 is 2.14 bits per heavy atom. The van der Waals surface area contributed by atoms with E-state index in [-0.39, 0.29) is 5.38 Å². The van der Waals surface area contributed by atoms with Gasteiger partial charge in [-0.25, -0.2) is 9.67 Å². The topological polar surface area (TPSA) is 35.6 Å². The van der Waals surface area contributed by atoms with E-state index in [0.717, 1.165) is 39.3 Å². The number of aromatic nitrogens is 4. The maximum absolute atomic E-state index is 6.35. The Kier molecular flexibility index (Phi) is 3.80. The predicted octanol–water partition coefficient (Wildman–Crippen LogP) is 4.38. The number of imidazole rings is 1. The number of hydrogen-bond donors (Lipinski definition) is 0. The van der Waals surface area contributed by atoms with Crippen molar-refractivity contribution in [2.45, 2.75) is 25.6 Å². The molecule has 3 rings (SSSR count). The first-order chi connectivity index (χ1) is 10.0. The number of halogens is 2. The van der Waals surface area contributed by atoms with E-state index >= 15 is 0 Å². The highest BCUT2D eigenvalue weighted by Gasteiger charge is 2.22. The Hall–Kier alpha value is -1.33. The largest absolute Gasteiger partial charge is 0.280 e. The van der Waals surface area contributed by atoms with Crippen molar-refractivity contribution < 1.29 is 0 Å². The fraction of sp³-hybridized carbons (Fsp3) is 0.333. The van der Waals surface area contributed by atoms with Gasteiger partial charge in [-0.05, 0) is 31.5 Å². The smallest absolute Gasteiger partial charge is 0.163 e. The molecule has 1 unspecified atom stereocenters. The second-order valence-corrected chi connectivity index (χ2v) is 6.57. The summed E-state index contributed by atoms with van der Waals surface area (Å²) in [5, 5.41) is 4.38. The summed E-state index contributed by atoms with van der Waals surface area (Å²) in [4.78, 5) is 4.74. The summed E-state index contributed by atoms with van der Waals surface area (Å²) in [6.45, 7) is 4.03. The van der Waals surface area contributed by atoms with Crippen molar-refractivity contribution >= 4 is 38.7 Å². The molecule has 1 atom stereocenters. The van der Waals surface area contributed by atoms with E-state index in [1.807, 2.05) is 36.9 Å². The van der Waals surface area contributed by atoms with Crippen molar-refractivity contribution in [2.24, 2.45) is 7.05 Å².